The summed E-state index contributed by atoms with van der Waals surface area (Å²) in [5.74, 6) is -0.0610. The third kappa shape index (κ3) is 2.59. The number of phenolic OH excluding ortho intramolecular Hbond substituents is 1. The quantitative estimate of drug-likeness (QED) is 0.889. The fourth-order valence-electron chi connectivity index (χ4n) is 1.91. The van der Waals surface area contributed by atoms with E-state index in [1.807, 2.05) is 13.8 Å². The predicted octanol–water partition coefficient (Wildman–Crippen LogP) is 2.48. The Morgan fingerprint density at radius 3 is 2.84 bits per heavy atom. The normalized spacial score (nSPS) is 10.5. The molecule has 0 bridgehead atoms. The molecule has 19 heavy (non-hydrogen) atoms. The Labute approximate surface area is 111 Å². The van der Waals surface area contributed by atoms with Gasteiger partial charge in [-0.05, 0) is 39.0 Å². The minimum atomic E-state index is -0.226. The van der Waals surface area contributed by atoms with Gasteiger partial charge in [0.25, 0.3) is 5.91 Å². The second kappa shape index (κ2) is 5.14. The molecule has 5 nitrogen and oxygen atoms in total. The van der Waals surface area contributed by atoms with E-state index in [1.54, 1.807) is 35.9 Å². The second-order valence-corrected chi connectivity index (χ2v) is 4.39. The van der Waals surface area contributed by atoms with Crippen LogP contribution in [-0.2, 0) is 6.54 Å². The second-order valence-electron chi connectivity index (χ2n) is 4.39. The number of benzene rings is 1. The molecule has 0 saturated carbocycles. The molecule has 0 atom stereocenters. The number of amides is 1. The minimum Gasteiger partial charge on any atom is -0.508 e. The molecule has 0 aliphatic carbocycles. The van der Waals surface area contributed by atoms with Gasteiger partial charge < -0.3 is 10.4 Å². The molecule has 1 amide bonds. The maximum atomic E-state index is 12.2. The van der Waals surface area contributed by atoms with E-state index in [1.165, 1.54) is 0 Å². The van der Waals surface area contributed by atoms with Crippen LogP contribution in [0.25, 0.3) is 0 Å². The van der Waals surface area contributed by atoms with Crippen molar-refractivity contribution in [3.8, 4) is 5.75 Å². The summed E-state index contributed by atoms with van der Waals surface area (Å²) in [5, 5.41) is 16.7. The molecule has 0 fully saturated rings. The van der Waals surface area contributed by atoms with Crippen LogP contribution in [0.5, 0.6) is 5.75 Å². The van der Waals surface area contributed by atoms with Gasteiger partial charge in [0.1, 0.15) is 11.4 Å². The standard InChI is InChI=1S/C14H17N3O2/c1-4-17-12(8-9(2)16-17)14(19)15-11-6-5-7-13(18)10(11)3/h5-8,18H,4H2,1-3H3,(H,15,19). The molecule has 1 aromatic heterocycles. The lowest BCUT2D eigenvalue weighted by Crippen LogP contribution is -2.17. The number of carbonyl (C=O) groups is 1. The molecule has 100 valence electrons. The van der Waals surface area contributed by atoms with Gasteiger partial charge in [-0.25, -0.2) is 0 Å². The van der Waals surface area contributed by atoms with Crippen molar-refractivity contribution in [2.24, 2.45) is 0 Å². The van der Waals surface area contributed by atoms with Crippen molar-refractivity contribution >= 4 is 11.6 Å². The Bertz CT molecular complexity index is 617. The zero-order valence-corrected chi connectivity index (χ0v) is 11.3. The average Bonchev–Trinajstić information content (AvgIpc) is 2.76. The van der Waals surface area contributed by atoms with Crippen molar-refractivity contribution in [3.63, 3.8) is 0 Å². The van der Waals surface area contributed by atoms with Gasteiger partial charge in [-0.15, -0.1) is 0 Å². The summed E-state index contributed by atoms with van der Waals surface area (Å²) in [5.41, 5.74) is 2.57. The maximum absolute atomic E-state index is 12.2. The Morgan fingerprint density at radius 1 is 1.42 bits per heavy atom. The number of aromatic nitrogens is 2. The number of phenols is 1. The van der Waals surface area contributed by atoms with Crippen LogP contribution in [0.2, 0.25) is 0 Å². The van der Waals surface area contributed by atoms with E-state index < -0.39 is 0 Å². The van der Waals surface area contributed by atoms with Gasteiger partial charge in [-0.1, -0.05) is 6.07 Å². The fraction of sp³-hybridized carbons (Fsp3) is 0.286. The van der Waals surface area contributed by atoms with Crippen LogP contribution in [0, 0.1) is 13.8 Å². The van der Waals surface area contributed by atoms with Crippen LogP contribution in [0.4, 0.5) is 5.69 Å². The maximum Gasteiger partial charge on any atom is 0.273 e. The topological polar surface area (TPSA) is 67.2 Å². The monoisotopic (exact) mass is 259 g/mol. The van der Waals surface area contributed by atoms with Gasteiger partial charge in [-0.3, -0.25) is 9.48 Å². The molecule has 0 unspecified atom stereocenters. The van der Waals surface area contributed by atoms with E-state index in [0.29, 0.717) is 23.5 Å². The van der Waals surface area contributed by atoms with Gasteiger partial charge in [0.15, 0.2) is 0 Å². The van der Waals surface area contributed by atoms with Crippen LogP contribution < -0.4 is 5.32 Å². The molecule has 0 aliphatic rings. The number of carbonyl (C=O) groups excluding carboxylic acids is 1. The van der Waals surface area contributed by atoms with Crippen LogP contribution in [-0.4, -0.2) is 20.8 Å². The summed E-state index contributed by atoms with van der Waals surface area (Å²) in [6.45, 7) is 6.17. The molecule has 2 rings (SSSR count). The fourth-order valence-corrected chi connectivity index (χ4v) is 1.91. The highest BCUT2D eigenvalue weighted by Gasteiger charge is 2.14. The first-order valence-electron chi connectivity index (χ1n) is 6.17. The van der Waals surface area contributed by atoms with E-state index in [2.05, 4.69) is 10.4 Å². The lowest BCUT2D eigenvalue weighted by Gasteiger charge is -2.10. The smallest absolute Gasteiger partial charge is 0.273 e. The number of anilines is 1. The third-order valence-corrected chi connectivity index (χ3v) is 2.99. The summed E-state index contributed by atoms with van der Waals surface area (Å²) >= 11 is 0. The van der Waals surface area contributed by atoms with Gasteiger partial charge >= 0.3 is 0 Å². The van der Waals surface area contributed by atoms with Crippen molar-refractivity contribution in [2.75, 3.05) is 5.32 Å². The van der Waals surface area contributed by atoms with E-state index in [0.717, 1.165) is 5.69 Å². The molecule has 1 heterocycles. The first kappa shape index (κ1) is 13.1. The Hall–Kier alpha value is -2.30. The Morgan fingerprint density at radius 2 is 2.16 bits per heavy atom. The number of nitrogens with one attached hydrogen (secondary N) is 1. The largest absolute Gasteiger partial charge is 0.508 e. The Kier molecular flexibility index (Phi) is 3.55. The van der Waals surface area contributed by atoms with Crippen LogP contribution in [0.3, 0.4) is 0 Å². The molecule has 2 N–H and O–H groups in total. The van der Waals surface area contributed by atoms with Gasteiger partial charge in [-0.2, -0.15) is 5.10 Å². The first-order valence-corrected chi connectivity index (χ1v) is 6.17. The summed E-state index contributed by atoms with van der Waals surface area (Å²) in [6, 6.07) is 6.79. The predicted molar refractivity (Wildman–Crippen MR) is 73.4 cm³/mol. The van der Waals surface area contributed by atoms with Crippen molar-refractivity contribution in [1.82, 2.24) is 9.78 Å². The number of nitrogens with zero attached hydrogens (tertiary/aromatic N) is 2. The highest BCUT2D eigenvalue weighted by atomic mass is 16.3. The Balaban J connectivity index is 2.28. The van der Waals surface area contributed by atoms with Crippen molar-refractivity contribution < 1.29 is 9.90 Å². The SMILES string of the molecule is CCn1nc(C)cc1C(=O)Nc1cccc(O)c1C. The van der Waals surface area contributed by atoms with E-state index in [-0.39, 0.29) is 11.7 Å². The zero-order chi connectivity index (χ0) is 14.0. The van der Waals surface area contributed by atoms with Gasteiger partial charge in [0, 0.05) is 17.8 Å². The molecule has 0 radical (unpaired) electrons. The molecule has 1 aromatic carbocycles. The number of hydrogen-bond donors (Lipinski definition) is 2. The number of rotatable bonds is 3. The molecule has 0 spiro atoms. The average molecular weight is 259 g/mol. The number of hydrogen-bond acceptors (Lipinski definition) is 3. The van der Waals surface area contributed by atoms with Crippen molar-refractivity contribution in [1.29, 1.82) is 0 Å². The molecule has 5 heteroatoms. The molecule has 2 aromatic rings. The van der Waals surface area contributed by atoms with Crippen LogP contribution >= 0.6 is 0 Å². The first-order chi connectivity index (χ1) is 9.02. The van der Waals surface area contributed by atoms with Crippen LogP contribution in [0.15, 0.2) is 24.3 Å². The van der Waals surface area contributed by atoms with E-state index in [9.17, 15) is 9.90 Å². The zero-order valence-electron chi connectivity index (χ0n) is 11.3. The summed E-state index contributed by atoms with van der Waals surface area (Å²) in [4.78, 5) is 12.2. The lowest BCUT2D eigenvalue weighted by molar-refractivity contribution is 0.101. The number of aryl methyl sites for hydroxylation is 2. The number of aromatic hydroxyl groups is 1. The van der Waals surface area contributed by atoms with E-state index in [4.69, 9.17) is 0 Å². The summed E-state index contributed by atoms with van der Waals surface area (Å²) in [7, 11) is 0. The lowest BCUT2D eigenvalue weighted by atomic mass is 10.2. The van der Waals surface area contributed by atoms with Gasteiger partial charge in [0.2, 0.25) is 0 Å². The molecular formula is C14H17N3O2. The van der Waals surface area contributed by atoms with Crippen molar-refractivity contribution in [3.05, 3.63) is 41.2 Å². The minimum absolute atomic E-state index is 0.165. The molecule has 0 aliphatic heterocycles. The van der Waals surface area contributed by atoms with Crippen LogP contribution in [0.1, 0.15) is 28.7 Å². The molecule has 0 saturated heterocycles. The summed E-state index contributed by atoms with van der Waals surface area (Å²) < 4.78 is 1.66. The van der Waals surface area contributed by atoms with Gasteiger partial charge in [0.05, 0.1) is 5.69 Å². The molecular weight excluding hydrogens is 242 g/mol. The highest BCUT2D eigenvalue weighted by molar-refractivity contribution is 6.03. The van der Waals surface area contributed by atoms with Crippen molar-refractivity contribution in [2.45, 2.75) is 27.3 Å². The third-order valence-electron chi connectivity index (χ3n) is 2.99. The van der Waals surface area contributed by atoms with E-state index >= 15 is 0 Å². The highest BCUT2D eigenvalue weighted by Crippen LogP contribution is 2.24. The summed E-state index contributed by atoms with van der Waals surface area (Å²) in [6.07, 6.45) is 0.